The fraction of sp³-hybridized carbons (Fsp3) is 0.333. The van der Waals surface area contributed by atoms with Crippen LogP contribution in [0.5, 0.6) is 5.75 Å². The quantitative estimate of drug-likeness (QED) is 0.355. The third-order valence-corrected chi connectivity index (χ3v) is 8.16. The summed E-state index contributed by atoms with van der Waals surface area (Å²) in [6, 6.07) is 15.4. The highest BCUT2D eigenvalue weighted by atomic mass is 35.5. The van der Waals surface area contributed by atoms with Crippen LogP contribution in [0.2, 0.25) is 5.02 Å². The van der Waals surface area contributed by atoms with Crippen LogP contribution in [0.15, 0.2) is 65.0 Å². The topological polar surface area (TPSA) is 109 Å². The van der Waals surface area contributed by atoms with Crippen molar-refractivity contribution < 1.29 is 36.2 Å². The van der Waals surface area contributed by atoms with E-state index in [2.05, 4.69) is 45.8 Å². The molecule has 1 saturated heterocycles. The van der Waals surface area contributed by atoms with Gasteiger partial charge in [-0.2, -0.15) is 13.2 Å². The second-order valence-corrected chi connectivity index (χ2v) is 11.3. The minimum Gasteiger partial charge on any atom is -0.489 e. The number of aliphatic carboxylic acids is 1. The highest BCUT2D eigenvalue weighted by Gasteiger charge is 2.38. The fourth-order valence-corrected chi connectivity index (χ4v) is 5.80. The maximum absolute atomic E-state index is 12.5. The van der Waals surface area contributed by atoms with E-state index in [0.717, 1.165) is 25.9 Å². The lowest BCUT2D eigenvalue weighted by Gasteiger charge is -2.36. The molecule has 14 heteroatoms. The number of hydrogen-bond donors (Lipinski definition) is 2. The van der Waals surface area contributed by atoms with Gasteiger partial charge in [0.15, 0.2) is 5.13 Å². The second-order valence-electron chi connectivity index (χ2n) is 8.28. The summed E-state index contributed by atoms with van der Waals surface area (Å²) in [6.07, 6.45) is -1.72. The molecule has 0 spiro atoms. The summed E-state index contributed by atoms with van der Waals surface area (Å²) < 4.78 is 65.3. The number of nitrogens with zero attached hydrogens (tertiary/aromatic N) is 2. The molecule has 0 radical (unpaired) electrons. The first-order valence-electron chi connectivity index (χ1n) is 11.3. The lowest BCUT2D eigenvalue weighted by Crippen LogP contribution is -2.39. The number of halogens is 4. The molecule has 3 aromatic rings. The van der Waals surface area contributed by atoms with E-state index in [0.29, 0.717) is 16.9 Å². The Balaban J connectivity index is 0.000000505. The van der Waals surface area contributed by atoms with Gasteiger partial charge in [-0.3, -0.25) is 9.62 Å². The molecule has 0 amide bonds. The zero-order chi connectivity index (χ0) is 27.9. The molecule has 2 N–H and O–H groups in total. The van der Waals surface area contributed by atoms with Crippen molar-refractivity contribution in [2.45, 2.75) is 43.0 Å². The van der Waals surface area contributed by atoms with Crippen molar-refractivity contribution >= 4 is 44.1 Å². The zero-order valence-corrected chi connectivity index (χ0v) is 22.4. The Morgan fingerprint density at radius 1 is 1.21 bits per heavy atom. The first kappa shape index (κ1) is 29.7. The molecule has 1 fully saturated rings. The summed E-state index contributed by atoms with van der Waals surface area (Å²) in [6.45, 7) is 4.09. The molecule has 206 valence electrons. The molecule has 0 unspecified atom stereocenters. The van der Waals surface area contributed by atoms with Gasteiger partial charge in [-0.15, -0.1) is 11.3 Å². The van der Waals surface area contributed by atoms with Crippen LogP contribution in [0.4, 0.5) is 18.3 Å². The van der Waals surface area contributed by atoms with E-state index in [-0.39, 0.29) is 16.0 Å². The van der Waals surface area contributed by atoms with Gasteiger partial charge >= 0.3 is 12.1 Å². The van der Waals surface area contributed by atoms with E-state index >= 15 is 0 Å². The van der Waals surface area contributed by atoms with Crippen LogP contribution in [-0.2, 0) is 14.8 Å². The van der Waals surface area contributed by atoms with E-state index in [4.69, 9.17) is 26.2 Å². The minimum atomic E-state index is -5.08. The Labute approximate surface area is 227 Å². The number of rotatable bonds is 7. The third kappa shape index (κ3) is 8.32. The number of hydrogen-bond acceptors (Lipinski definition) is 7. The lowest BCUT2D eigenvalue weighted by molar-refractivity contribution is -0.192. The first-order chi connectivity index (χ1) is 17.9. The molecule has 1 aliphatic heterocycles. The molecule has 0 bridgehead atoms. The van der Waals surface area contributed by atoms with E-state index in [1.54, 1.807) is 17.6 Å². The molecular formula is C24H25ClF3N3O5S2. The van der Waals surface area contributed by atoms with Crippen LogP contribution in [0.25, 0.3) is 0 Å². The number of likely N-dealkylation sites (tertiary alicyclic amines) is 1. The van der Waals surface area contributed by atoms with Gasteiger partial charge in [-0.1, -0.05) is 41.9 Å². The Morgan fingerprint density at radius 3 is 2.37 bits per heavy atom. The summed E-state index contributed by atoms with van der Waals surface area (Å²) in [7, 11) is -3.75. The summed E-state index contributed by atoms with van der Waals surface area (Å²) in [4.78, 5) is 15.4. The van der Waals surface area contributed by atoms with Crippen molar-refractivity contribution in [3.63, 3.8) is 0 Å². The summed E-state index contributed by atoms with van der Waals surface area (Å²) in [5, 5.41) is 9.42. The van der Waals surface area contributed by atoms with Gasteiger partial charge < -0.3 is 9.84 Å². The number of carbonyl (C=O) groups is 1. The van der Waals surface area contributed by atoms with Crippen LogP contribution >= 0.6 is 22.9 Å². The minimum absolute atomic E-state index is 0.0487. The summed E-state index contributed by atoms with van der Waals surface area (Å²) in [5.41, 5.74) is 1.31. The van der Waals surface area contributed by atoms with E-state index in [1.807, 2.05) is 6.07 Å². The van der Waals surface area contributed by atoms with Gasteiger partial charge in [0.25, 0.3) is 10.0 Å². The maximum Gasteiger partial charge on any atom is 0.490 e. The van der Waals surface area contributed by atoms with Crippen LogP contribution in [0, 0.1) is 0 Å². The number of benzene rings is 2. The molecule has 4 rings (SSSR count). The van der Waals surface area contributed by atoms with Gasteiger partial charge in [-0.05, 0) is 43.5 Å². The second kappa shape index (κ2) is 12.8. The molecule has 8 nitrogen and oxygen atoms in total. The number of carboxylic acid groups (broad SMARTS) is 1. The number of nitrogens with one attached hydrogen (secondary N) is 1. The summed E-state index contributed by atoms with van der Waals surface area (Å²) >= 11 is 7.57. The molecule has 1 aliphatic rings. The van der Waals surface area contributed by atoms with Gasteiger partial charge in [-0.25, -0.2) is 18.2 Å². The number of aromatic nitrogens is 1. The number of carboxylic acids is 1. The molecule has 0 saturated carbocycles. The highest BCUT2D eigenvalue weighted by Crippen LogP contribution is 2.32. The van der Waals surface area contributed by atoms with Crippen molar-refractivity contribution in [1.82, 2.24) is 9.88 Å². The predicted octanol–water partition coefficient (Wildman–Crippen LogP) is 5.84. The monoisotopic (exact) mass is 591 g/mol. The average Bonchev–Trinajstić information content (AvgIpc) is 3.38. The molecule has 38 heavy (non-hydrogen) atoms. The SMILES string of the molecule is C[C@@H](c1ccccc1)N1CCC(Oc2ccc(S(=O)(=O)Nc3nccs3)cc2Cl)CC1.O=C(O)C(F)(F)F. The van der Waals surface area contributed by atoms with Crippen LogP contribution < -0.4 is 9.46 Å². The number of thiazole rings is 1. The van der Waals surface area contributed by atoms with Crippen molar-refractivity contribution in [2.24, 2.45) is 0 Å². The number of anilines is 1. The standard InChI is InChI=1S/C22H24ClN3O3S2.C2HF3O2/c1-16(17-5-3-2-4-6-17)26-12-9-18(10-13-26)29-21-8-7-19(15-20(21)23)31(27,28)25-22-24-11-14-30-22;3-2(4,5)1(6)7/h2-8,11,14-16,18H,9-10,12-13H2,1H3,(H,24,25);(H,6,7)/t16-;/m0./s1. The molecular weight excluding hydrogens is 567 g/mol. The van der Waals surface area contributed by atoms with Crippen molar-refractivity contribution in [2.75, 3.05) is 17.8 Å². The maximum atomic E-state index is 12.5. The average molecular weight is 592 g/mol. The van der Waals surface area contributed by atoms with Crippen molar-refractivity contribution in [3.8, 4) is 5.75 Å². The predicted molar refractivity (Wildman–Crippen MR) is 138 cm³/mol. The van der Waals surface area contributed by atoms with Crippen LogP contribution in [0.3, 0.4) is 0 Å². The number of alkyl halides is 3. The van der Waals surface area contributed by atoms with Crippen LogP contribution in [-0.4, -0.2) is 54.7 Å². The van der Waals surface area contributed by atoms with Gasteiger partial charge in [0, 0.05) is 30.7 Å². The molecule has 0 aliphatic carbocycles. The van der Waals surface area contributed by atoms with Gasteiger partial charge in [0.1, 0.15) is 11.9 Å². The molecule has 1 aromatic heterocycles. The summed E-state index contributed by atoms with van der Waals surface area (Å²) in [5.74, 6) is -2.25. The van der Waals surface area contributed by atoms with Crippen molar-refractivity contribution in [3.05, 3.63) is 70.7 Å². The Kier molecular flexibility index (Phi) is 9.99. The highest BCUT2D eigenvalue weighted by molar-refractivity contribution is 7.93. The third-order valence-electron chi connectivity index (χ3n) is 5.71. The Hall–Kier alpha value is -2.87. The normalized spacial score (nSPS) is 15.7. The zero-order valence-electron chi connectivity index (χ0n) is 20.1. The lowest BCUT2D eigenvalue weighted by atomic mass is 10.0. The van der Waals surface area contributed by atoms with E-state index in [1.165, 1.54) is 29.0 Å². The first-order valence-corrected chi connectivity index (χ1v) is 14.1. The molecule has 2 heterocycles. The van der Waals surface area contributed by atoms with Gasteiger partial charge in [0.2, 0.25) is 0 Å². The van der Waals surface area contributed by atoms with Crippen LogP contribution in [0.1, 0.15) is 31.4 Å². The number of ether oxygens (including phenoxy) is 1. The fourth-order valence-electron chi connectivity index (χ4n) is 3.69. The number of sulfonamides is 1. The Bertz CT molecular complexity index is 1300. The Morgan fingerprint density at radius 2 is 1.84 bits per heavy atom. The van der Waals surface area contributed by atoms with Gasteiger partial charge in [0.05, 0.1) is 9.92 Å². The number of piperidine rings is 1. The largest absolute Gasteiger partial charge is 0.490 e. The molecule has 2 aromatic carbocycles. The van der Waals surface area contributed by atoms with Crippen molar-refractivity contribution in [1.29, 1.82) is 0 Å². The van der Waals surface area contributed by atoms with E-state index < -0.39 is 22.2 Å². The molecule has 1 atom stereocenters. The van der Waals surface area contributed by atoms with E-state index in [9.17, 15) is 21.6 Å². The smallest absolute Gasteiger partial charge is 0.489 e.